The summed E-state index contributed by atoms with van der Waals surface area (Å²) in [7, 11) is 0. The standard InChI is InChI=1S/C23H24O2S/c1-5-16-12-18(10-14(3)21(16)20-8-7-9-26-20)19-11-15(4)22(23(24)25)17(6-2)13-19/h7-13H,5-6H2,1-4H3,(H,24,25). The first kappa shape index (κ1) is 18.4. The molecule has 0 aliphatic carbocycles. The molecule has 1 N–H and O–H groups in total. The predicted octanol–water partition coefficient (Wildman–Crippen LogP) is 6.52. The Balaban J connectivity index is 2.18. The van der Waals surface area contributed by atoms with Gasteiger partial charge in [0.1, 0.15) is 0 Å². The third-order valence-electron chi connectivity index (χ3n) is 4.91. The second kappa shape index (κ2) is 7.46. The average Bonchev–Trinajstić information content (AvgIpc) is 3.13. The molecule has 0 aliphatic rings. The summed E-state index contributed by atoms with van der Waals surface area (Å²) in [6.07, 6.45) is 1.68. The van der Waals surface area contributed by atoms with Gasteiger partial charge in [-0.2, -0.15) is 0 Å². The van der Waals surface area contributed by atoms with E-state index < -0.39 is 5.97 Å². The molecule has 0 aliphatic heterocycles. The van der Waals surface area contributed by atoms with Crippen molar-refractivity contribution >= 4 is 17.3 Å². The molecule has 26 heavy (non-hydrogen) atoms. The number of carboxylic acid groups (broad SMARTS) is 1. The first-order chi connectivity index (χ1) is 12.5. The van der Waals surface area contributed by atoms with E-state index in [4.69, 9.17) is 0 Å². The van der Waals surface area contributed by atoms with Crippen molar-refractivity contribution in [1.82, 2.24) is 0 Å². The fourth-order valence-corrected chi connectivity index (χ4v) is 4.56. The van der Waals surface area contributed by atoms with Gasteiger partial charge in [0, 0.05) is 4.88 Å². The second-order valence-electron chi connectivity index (χ2n) is 6.64. The molecule has 134 valence electrons. The molecule has 0 fully saturated rings. The summed E-state index contributed by atoms with van der Waals surface area (Å²) in [6, 6.07) is 12.8. The number of benzene rings is 2. The van der Waals surface area contributed by atoms with Crippen molar-refractivity contribution in [2.45, 2.75) is 40.5 Å². The van der Waals surface area contributed by atoms with Gasteiger partial charge in [-0.3, -0.25) is 0 Å². The third kappa shape index (κ3) is 3.32. The highest BCUT2D eigenvalue weighted by atomic mass is 32.1. The minimum absolute atomic E-state index is 0.443. The summed E-state index contributed by atoms with van der Waals surface area (Å²) in [6.45, 7) is 8.25. The number of hydrogen-bond acceptors (Lipinski definition) is 2. The molecule has 0 spiro atoms. The van der Waals surface area contributed by atoms with Crippen LogP contribution in [0.25, 0.3) is 21.6 Å². The van der Waals surface area contributed by atoms with Crippen LogP contribution in [0.5, 0.6) is 0 Å². The first-order valence-corrected chi connectivity index (χ1v) is 9.88. The number of aryl methyl sites for hydroxylation is 4. The van der Waals surface area contributed by atoms with Crippen LogP contribution >= 0.6 is 11.3 Å². The topological polar surface area (TPSA) is 37.3 Å². The molecule has 0 unspecified atom stereocenters. The zero-order valence-electron chi connectivity index (χ0n) is 15.7. The van der Waals surface area contributed by atoms with Crippen molar-refractivity contribution in [3.05, 3.63) is 69.6 Å². The van der Waals surface area contributed by atoms with Gasteiger partial charge in [0.05, 0.1) is 5.56 Å². The number of hydrogen-bond donors (Lipinski definition) is 1. The number of thiophene rings is 1. The van der Waals surface area contributed by atoms with Gasteiger partial charge in [0.2, 0.25) is 0 Å². The van der Waals surface area contributed by atoms with E-state index in [1.807, 2.05) is 26.0 Å². The second-order valence-corrected chi connectivity index (χ2v) is 7.59. The van der Waals surface area contributed by atoms with Gasteiger partial charge in [0.25, 0.3) is 0 Å². The summed E-state index contributed by atoms with van der Waals surface area (Å²) in [5.74, 6) is -0.843. The number of aromatic carboxylic acids is 1. The van der Waals surface area contributed by atoms with Crippen molar-refractivity contribution < 1.29 is 9.90 Å². The maximum absolute atomic E-state index is 11.6. The summed E-state index contributed by atoms with van der Waals surface area (Å²) in [5, 5.41) is 11.6. The average molecular weight is 365 g/mol. The lowest BCUT2D eigenvalue weighted by Gasteiger charge is -2.16. The van der Waals surface area contributed by atoms with Crippen molar-refractivity contribution in [3.63, 3.8) is 0 Å². The minimum atomic E-state index is -0.843. The van der Waals surface area contributed by atoms with E-state index in [9.17, 15) is 9.90 Å². The Morgan fingerprint density at radius 3 is 2.12 bits per heavy atom. The Morgan fingerprint density at radius 2 is 1.58 bits per heavy atom. The van der Waals surface area contributed by atoms with E-state index in [0.29, 0.717) is 12.0 Å². The van der Waals surface area contributed by atoms with Crippen LogP contribution in [0.2, 0.25) is 0 Å². The molecule has 2 nitrogen and oxygen atoms in total. The van der Waals surface area contributed by atoms with E-state index in [1.54, 1.807) is 11.3 Å². The van der Waals surface area contributed by atoms with Crippen LogP contribution in [0.4, 0.5) is 0 Å². The maximum Gasteiger partial charge on any atom is 0.336 e. The fraction of sp³-hybridized carbons (Fsp3) is 0.261. The van der Waals surface area contributed by atoms with Gasteiger partial charge in [-0.25, -0.2) is 4.79 Å². The molecular formula is C23H24O2S. The molecule has 1 aromatic heterocycles. The van der Waals surface area contributed by atoms with Crippen LogP contribution in [0.15, 0.2) is 41.8 Å². The van der Waals surface area contributed by atoms with Crippen LogP contribution < -0.4 is 0 Å². The van der Waals surface area contributed by atoms with E-state index in [1.165, 1.54) is 21.6 Å². The van der Waals surface area contributed by atoms with Gasteiger partial charge < -0.3 is 5.11 Å². The Morgan fingerprint density at radius 1 is 0.962 bits per heavy atom. The minimum Gasteiger partial charge on any atom is -0.478 e. The summed E-state index contributed by atoms with van der Waals surface area (Å²) in [5.41, 5.74) is 8.35. The van der Waals surface area contributed by atoms with Crippen molar-refractivity contribution in [3.8, 4) is 21.6 Å². The molecule has 0 amide bonds. The molecule has 1 heterocycles. The van der Waals surface area contributed by atoms with Crippen LogP contribution in [-0.4, -0.2) is 11.1 Å². The summed E-state index contributed by atoms with van der Waals surface area (Å²) >= 11 is 1.77. The molecule has 3 heteroatoms. The van der Waals surface area contributed by atoms with Gasteiger partial charge >= 0.3 is 5.97 Å². The Kier molecular flexibility index (Phi) is 5.28. The summed E-state index contributed by atoms with van der Waals surface area (Å²) < 4.78 is 0. The number of rotatable bonds is 5. The highest BCUT2D eigenvalue weighted by molar-refractivity contribution is 7.13. The lowest BCUT2D eigenvalue weighted by molar-refractivity contribution is 0.0695. The molecule has 0 atom stereocenters. The van der Waals surface area contributed by atoms with Gasteiger partial charge in [0.15, 0.2) is 0 Å². The molecule has 2 aromatic carbocycles. The van der Waals surface area contributed by atoms with Crippen molar-refractivity contribution in [2.24, 2.45) is 0 Å². The Labute approximate surface area is 159 Å². The molecule has 0 radical (unpaired) electrons. The molecule has 0 saturated heterocycles. The molecule has 3 rings (SSSR count). The smallest absolute Gasteiger partial charge is 0.336 e. The Hall–Kier alpha value is -2.39. The lowest BCUT2D eigenvalue weighted by atomic mass is 9.89. The zero-order chi connectivity index (χ0) is 18.8. The van der Waals surface area contributed by atoms with Crippen LogP contribution in [0, 0.1) is 13.8 Å². The highest BCUT2D eigenvalue weighted by Crippen LogP contribution is 2.36. The van der Waals surface area contributed by atoms with Gasteiger partial charge in [-0.15, -0.1) is 11.3 Å². The van der Waals surface area contributed by atoms with E-state index in [0.717, 1.165) is 28.7 Å². The highest BCUT2D eigenvalue weighted by Gasteiger charge is 2.16. The Bertz CT molecular complexity index is 953. The van der Waals surface area contributed by atoms with Gasteiger partial charge in [-0.1, -0.05) is 44.2 Å². The molecule has 0 bridgehead atoms. The van der Waals surface area contributed by atoms with Crippen molar-refractivity contribution in [1.29, 1.82) is 0 Å². The van der Waals surface area contributed by atoms with E-state index in [2.05, 4.69) is 43.5 Å². The zero-order valence-corrected chi connectivity index (χ0v) is 16.5. The summed E-state index contributed by atoms with van der Waals surface area (Å²) in [4.78, 5) is 12.9. The van der Waals surface area contributed by atoms with Crippen LogP contribution in [0.3, 0.4) is 0 Å². The first-order valence-electron chi connectivity index (χ1n) is 9.00. The molecular weight excluding hydrogens is 340 g/mol. The third-order valence-corrected chi connectivity index (χ3v) is 5.80. The van der Waals surface area contributed by atoms with Crippen LogP contribution in [0.1, 0.15) is 46.5 Å². The quantitative estimate of drug-likeness (QED) is 0.559. The number of carbonyl (C=O) groups is 1. The maximum atomic E-state index is 11.6. The number of carboxylic acids is 1. The lowest BCUT2D eigenvalue weighted by Crippen LogP contribution is -2.05. The van der Waals surface area contributed by atoms with Crippen molar-refractivity contribution in [2.75, 3.05) is 0 Å². The SMILES string of the molecule is CCc1cc(-c2cc(C)c(-c3cccs3)c(CC)c2)cc(C)c1C(=O)O. The largest absolute Gasteiger partial charge is 0.478 e. The normalized spacial score (nSPS) is 10.9. The van der Waals surface area contributed by atoms with E-state index >= 15 is 0 Å². The predicted molar refractivity (Wildman–Crippen MR) is 110 cm³/mol. The van der Waals surface area contributed by atoms with E-state index in [-0.39, 0.29) is 0 Å². The van der Waals surface area contributed by atoms with Gasteiger partial charge in [-0.05, 0) is 77.1 Å². The van der Waals surface area contributed by atoms with Crippen LogP contribution in [-0.2, 0) is 12.8 Å². The molecule has 3 aromatic rings. The molecule has 0 saturated carbocycles. The fourth-order valence-electron chi connectivity index (χ4n) is 3.69. The monoisotopic (exact) mass is 364 g/mol.